The van der Waals surface area contributed by atoms with Crippen molar-refractivity contribution in [1.29, 1.82) is 0 Å². The van der Waals surface area contributed by atoms with Crippen LogP contribution in [0.4, 0.5) is 5.69 Å². The molecular weight excluding hydrogens is 482 g/mol. The number of anilines is 1. The molecule has 1 saturated heterocycles. The monoisotopic (exact) mass is 509 g/mol. The van der Waals surface area contributed by atoms with Crippen molar-refractivity contribution in [2.45, 2.75) is 24.8 Å². The molecule has 1 N–H and O–H groups in total. The first kappa shape index (κ1) is 24.8. The molecule has 3 aromatic rings. The molecule has 35 heavy (non-hydrogen) atoms. The van der Waals surface area contributed by atoms with Crippen molar-refractivity contribution in [2.24, 2.45) is 5.10 Å². The van der Waals surface area contributed by atoms with Crippen LogP contribution in [0.2, 0.25) is 0 Å². The van der Waals surface area contributed by atoms with Gasteiger partial charge in [-0.3, -0.25) is 9.10 Å². The molecule has 0 bridgehead atoms. The lowest BCUT2D eigenvalue weighted by Crippen LogP contribution is -2.40. The van der Waals surface area contributed by atoms with E-state index >= 15 is 0 Å². The maximum absolute atomic E-state index is 13.5. The van der Waals surface area contributed by atoms with E-state index < -0.39 is 22.5 Å². The first-order valence-electron chi connectivity index (χ1n) is 11.1. The molecule has 0 unspecified atom stereocenters. The molecule has 0 spiro atoms. The zero-order valence-electron chi connectivity index (χ0n) is 19.5. The van der Waals surface area contributed by atoms with Crippen LogP contribution in [0, 0.1) is 13.8 Å². The summed E-state index contributed by atoms with van der Waals surface area (Å²) in [5.41, 5.74) is 5.31. The van der Waals surface area contributed by atoms with Gasteiger partial charge in [0.15, 0.2) is 0 Å². The number of amides is 1. The van der Waals surface area contributed by atoms with Crippen LogP contribution in [0.5, 0.6) is 5.75 Å². The summed E-state index contributed by atoms with van der Waals surface area (Å²) in [6.45, 7) is 3.28. The van der Waals surface area contributed by atoms with Gasteiger partial charge >= 0.3 is 0 Å². The Morgan fingerprint density at radius 2 is 1.80 bits per heavy atom. The smallest absolute Gasteiger partial charge is 0.264 e. The Bertz CT molecular complexity index is 1310. The average Bonchev–Trinajstić information content (AvgIpc) is 2.83. The summed E-state index contributed by atoms with van der Waals surface area (Å²) in [5.74, 6) is 2.26. The standard InChI is InChI=1S/C26H27N3O4S2/c1-19-8-9-20(2)25(14-19)29(35(31,32)24-6-4-3-5-7-24)16-26(30)28-27-15-21-10-12-22(13-11-21)33-23-17-34-18-23/h3-15,23H,16-18H2,1-2H3,(H,28,30)/b27-15+. The molecular formula is C26H27N3O4S2. The largest absolute Gasteiger partial charge is 0.489 e. The predicted octanol–water partition coefficient (Wildman–Crippen LogP) is 4.14. The van der Waals surface area contributed by atoms with Crippen molar-refractivity contribution in [3.05, 3.63) is 89.5 Å². The van der Waals surface area contributed by atoms with Gasteiger partial charge in [0.25, 0.3) is 15.9 Å². The highest BCUT2D eigenvalue weighted by Crippen LogP contribution is 2.28. The maximum Gasteiger partial charge on any atom is 0.264 e. The first-order valence-corrected chi connectivity index (χ1v) is 13.7. The van der Waals surface area contributed by atoms with E-state index in [1.54, 1.807) is 24.3 Å². The van der Waals surface area contributed by atoms with Crippen molar-refractivity contribution in [3.63, 3.8) is 0 Å². The van der Waals surface area contributed by atoms with Gasteiger partial charge in [-0.15, -0.1) is 0 Å². The molecule has 0 aliphatic carbocycles. The van der Waals surface area contributed by atoms with Crippen LogP contribution >= 0.6 is 11.8 Å². The number of sulfonamides is 1. The summed E-state index contributed by atoms with van der Waals surface area (Å²) >= 11 is 1.86. The summed E-state index contributed by atoms with van der Waals surface area (Å²) in [6.07, 6.45) is 1.78. The Labute approximate surface area is 210 Å². The molecule has 1 heterocycles. The normalized spacial score (nSPS) is 13.9. The number of nitrogens with zero attached hydrogens (tertiary/aromatic N) is 2. The number of benzene rings is 3. The Kier molecular flexibility index (Phi) is 7.77. The molecule has 4 rings (SSSR count). The summed E-state index contributed by atoms with van der Waals surface area (Å²) in [6, 6.07) is 21.0. The van der Waals surface area contributed by atoms with Gasteiger partial charge in [0.2, 0.25) is 0 Å². The van der Waals surface area contributed by atoms with Crippen LogP contribution in [0.3, 0.4) is 0 Å². The number of hydrogen-bond acceptors (Lipinski definition) is 6. The highest BCUT2D eigenvalue weighted by Gasteiger charge is 2.28. The summed E-state index contributed by atoms with van der Waals surface area (Å²) in [5, 5.41) is 4.01. The predicted molar refractivity (Wildman–Crippen MR) is 141 cm³/mol. The number of ether oxygens (including phenoxy) is 1. The lowest BCUT2D eigenvalue weighted by Gasteiger charge is -2.25. The fraction of sp³-hybridized carbons (Fsp3) is 0.231. The van der Waals surface area contributed by atoms with E-state index in [1.165, 1.54) is 18.3 Å². The lowest BCUT2D eigenvalue weighted by atomic mass is 10.1. The number of carbonyl (C=O) groups is 1. The molecule has 1 aliphatic rings. The Morgan fingerprint density at radius 3 is 2.46 bits per heavy atom. The zero-order valence-corrected chi connectivity index (χ0v) is 21.2. The van der Waals surface area contributed by atoms with Gasteiger partial charge in [-0.2, -0.15) is 16.9 Å². The van der Waals surface area contributed by atoms with Gasteiger partial charge in [-0.25, -0.2) is 13.8 Å². The Hall–Kier alpha value is -3.30. The van der Waals surface area contributed by atoms with E-state index in [-0.39, 0.29) is 11.0 Å². The van der Waals surface area contributed by atoms with Gasteiger partial charge in [0.1, 0.15) is 18.4 Å². The van der Waals surface area contributed by atoms with Gasteiger partial charge in [0.05, 0.1) is 16.8 Å². The van der Waals surface area contributed by atoms with Crippen LogP contribution in [0.25, 0.3) is 0 Å². The van der Waals surface area contributed by atoms with Crippen LogP contribution < -0.4 is 14.5 Å². The number of thioether (sulfide) groups is 1. The minimum absolute atomic E-state index is 0.111. The van der Waals surface area contributed by atoms with Gasteiger partial charge in [-0.1, -0.05) is 30.3 Å². The lowest BCUT2D eigenvalue weighted by molar-refractivity contribution is -0.119. The molecule has 182 valence electrons. The van der Waals surface area contributed by atoms with Gasteiger partial charge in [0, 0.05) is 11.5 Å². The quantitative estimate of drug-likeness (QED) is 0.346. The van der Waals surface area contributed by atoms with Gasteiger partial charge in [-0.05, 0) is 73.0 Å². The van der Waals surface area contributed by atoms with Crippen molar-refractivity contribution in [3.8, 4) is 5.75 Å². The van der Waals surface area contributed by atoms with Crippen LogP contribution in [0.1, 0.15) is 16.7 Å². The third-order valence-electron chi connectivity index (χ3n) is 5.44. The minimum atomic E-state index is -3.97. The number of nitrogens with one attached hydrogen (secondary N) is 1. The molecule has 7 nitrogen and oxygen atoms in total. The van der Waals surface area contributed by atoms with Crippen LogP contribution in [0.15, 0.2) is 82.8 Å². The van der Waals surface area contributed by atoms with Crippen molar-refractivity contribution >= 4 is 39.6 Å². The van der Waals surface area contributed by atoms with Crippen LogP contribution in [-0.4, -0.2) is 44.7 Å². The topological polar surface area (TPSA) is 88.1 Å². The molecule has 9 heteroatoms. The summed E-state index contributed by atoms with van der Waals surface area (Å²) in [4.78, 5) is 12.9. The maximum atomic E-state index is 13.5. The first-order chi connectivity index (χ1) is 16.8. The number of carbonyl (C=O) groups excluding carboxylic acids is 1. The highest BCUT2D eigenvalue weighted by atomic mass is 32.2. The Morgan fingerprint density at radius 1 is 1.09 bits per heavy atom. The highest BCUT2D eigenvalue weighted by molar-refractivity contribution is 8.00. The van der Waals surface area contributed by atoms with E-state index in [1.807, 2.05) is 62.0 Å². The zero-order chi connectivity index (χ0) is 24.8. The molecule has 3 aromatic carbocycles. The summed E-state index contributed by atoms with van der Waals surface area (Å²) in [7, 11) is -3.97. The molecule has 0 atom stereocenters. The van der Waals surface area contributed by atoms with Crippen molar-refractivity contribution in [1.82, 2.24) is 5.43 Å². The molecule has 0 aromatic heterocycles. The fourth-order valence-electron chi connectivity index (χ4n) is 3.46. The number of hydrogen-bond donors (Lipinski definition) is 1. The van der Waals surface area contributed by atoms with Crippen molar-refractivity contribution < 1.29 is 17.9 Å². The fourth-order valence-corrected chi connectivity index (χ4v) is 5.52. The van der Waals surface area contributed by atoms with Crippen molar-refractivity contribution in [2.75, 3.05) is 22.4 Å². The SMILES string of the molecule is Cc1ccc(C)c(N(CC(=O)N/N=C/c2ccc(OC3CSC3)cc2)S(=O)(=O)c2ccccc2)c1. The third kappa shape index (κ3) is 6.23. The number of hydrazone groups is 1. The second-order valence-electron chi connectivity index (χ2n) is 8.25. The number of aryl methyl sites for hydroxylation is 2. The van der Waals surface area contributed by atoms with E-state index in [0.29, 0.717) is 5.69 Å². The summed E-state index contributed by atoms with van der Waals surface area (Å²) < 4.78 is 33.9. The third-order valence-corrected chi connectivity index (χ3v) is 8.43. The molecule has 0 radical (unpaired) electrons. The van der Waals surface area contributed by atoms with E-state index in [2.05, 4.69) is 10.5 Å². The second kappa shape index (κ2) is 11.0. The van der Waals surface area contributed by atoms with Gasteiger partial charge < -0.3 is 4.74 Å². The molecule has 1 aliphatic heterocycles. The molecule has 1 amide bonds. The Balaban J connectivity index is 1.47. The van der Waals surface area contributed by atoms with Crippen LogP contribution in [-0.2, 0) is 14.8 Å². The average molecular weight is 510 g/mol. The number of rotatable bonds is 9. The minimum Gasteiger partial charge on any atom is -0.489 e. The second-order valence-corrected chi connectivity index (χ2v) is 11.2. The molecule has 1 fully saturated rings. The van der Waals surface area contributed by atoms with E-state index in [0.717, 1.165) is 38.3 Å². The molecule has 0 saturated carbocycles. The van der Waals surface area contributed by atoms with E-state index in [9.17, 15) is 13.2 Å². The van der Waals surface area contributed by atoms with E-state index in [4.69, 9.17) is 4.74 Å².